The summed E-state index contributed by atoms with van der Waals surface area (Å²) in [6.45, 7) is 6.89. The minimum atomic E-state index is -0.192. The fraction of sp³-hybridized carbons (Fsp3) is 0.818. The largest absolute Gasteiger partial charge is 0.358 e. The van der Waals surface area contributed by atoms with E-state index in [0.717, 1.165) is 38.0 Å². The first-order chi connectivity index (χ1) is 7.48. The lowest BCUT2D eigenvalue weighted by Crippen LogP contribution is -3.08. The van der Waals surface area contributed by atoms with Crippen LogP contribution >= 0.6 is 0 Å². The second kappa shape index (κ2) is 3.73. The fourth-order valence-corrected chi connectivity index (χ4v) is 2.46. The molecule has 90 valence electrons. The van der Waals surface area contributed by atoms with E-state index in [0.29, 0.717) is 5.82 Å². The van der Waals surface area contributed by atoms with Gasteiger partial charge in [0.25, 0.3) is 0 Å². The zero-order valence-electron chi connectivity index (χ0n) is 10.2. The lowest BCUT2D eigenvalue weighted by molar-refractivity contribution is -0.873. The zero-order valence-corrected chi connectivity index (χ0v) is 10.2. The van der Waals surface area contributed by atoms with Crippen molar-refractivity contribution in [3.05, 3.63) is 21.5 Å². The Balaban J connectivity index is 2.21. The maximum atomic E-state index is 11.1. The molecule has 2 rings (SSSR count). The summed E-state index contributed by atoms with van der Waals surface area (Å²) in [5.74, 6) is 0.390. The van der Waals surface area contributed by atoms with E-state index in [1.54, 1.807) is 0 Å². The van der Waals surface area contributed by atoms with Crippen LogP contribution in [0.2, 0.25) is 0 Å². The number of nitrogens with one attached hydrogen (secondary N) is 1. The number of rotatable bonds is 4. The molecule has 0 bridgehead atoms. The van der Waals surface area contributed by atoms with Gasteiger partial charge in [-0.25, -0.2) is 4.90 Å². The number of fused-ring (bicyclic) bond motifs is 1. The molecule has 2 aliphatic rings. The maximum absolute atomic E-state index is 11.1. The molecule has 1 saturated heterocycles. The highest BCUT2D eigenvalue weighted by molar-refractivity contribution is 5.24. The van der Waals surface area contributed by atoms with Gasteiger partial charge >= 0.3 is 5.82 Å². The Morgan fingerprint density at radius 3 is 2.88 bits per heavy atom. The van der Waals surface area contributed by atoms with Crippen LogP contribution in [-0.4, -0.2) is 42.0 Å². The molecule has 16 heavy (non-hydrogen) atoms. The molecule has 0 radical (unpaired) electrons. The number of nitrogens with zero attached hydrogens (tertiary/aromatic N) is 2. The average Bonchev–Trinajstić information content (AvgIpc) is 2.89. The van der Waals surface area contributed by atoms with Crippen LogP contribution in [0.4, 0.5) is 0 Å². The topological polar surface area (TPSA) is 50.6 Å². The quantitative estimate of drug-likeness (QED) is 0.413. The first-order valence-electron chi connectivity index (χ1n) is 5.93. The molecule has 0 aromatic heterocycles. The van der Waals surface area contributed by atoms with Crippen LogP contribution in [-0.2, 0) is 0 Å². The number of hydrogen-bond donors (Lipinski definition) is 1. The Bertz CT molecular complexity index is 353. The van der Waals surface area contributed by atoms with Gasteiger partial charge in [0.15, 0.2) is 0 Å². The molecule has 2 aliphatic heterocycles. The Morgan fingerprint density at radius 2 is 2.31 bits per heavy atom. The van der Waals surface area contributed by atoms with Crippen LogP contribution in [0.25, 0.3) is 0 Å². The predicted octanol–water partition coefficient (Wildman–Crippen LogP) is -0.123. The van der Waals surface area contributed by atoms with Crippen molar-refractivity contribution in [1.29, 1.82) is 0 Å². The highest BCUT2D eigenvalue weighted by Crippen LogP contribution is 2.45. The standard InChI is InChI=1S/C11H19N3O2/c1-4-12(3)7-9-5-6-11(2)8-13(11)10(9)14(15)16/h4-8H2,1-3H3/p+1. The van der Waals surface area contributed by atoms with E-state index in [9.17, 15) is 10.1 Å². The molecular formula is C11H20N3O2+. The molecule has 0 aromatic carbocycles. The van der Waals surface area contributed by atoms with Gasteiger partial charge in [0.1, 0.15) is 18.6 Å². The van der Waals surface area contributed by atoms with Crippen LogP contribution < -0.4 is 4.90 Å². The van der Waals surface area contributed by atoms with Gasteiger partial charge in [-0.3, -0.25) is 0 Å². The van der Waals surface area contributed by atoms with Crippen molar-refractivity contribution in [3.63, 3.8) is 0 Å². The molecule has 1 N–H and O–H groups in total. The maximum Gasteiger partial charge on any atom is 0.323 e. The van der Waals surface area contributed by atoms with Crippen molar-refractivity contribution in [3.8, 4) is 0 Å². The Labute approximate surface area is 95.9 Å². The average molecular weight is 226 g/mol. The predicted molar refractivity (Wildman–Crippen MR) is 60.7 cm³/mol. The van der Waals surface area contributed by atoms with E-state index in [2.05, 4.69) is 20.9 Å². The van der Waals surface area contributed by atoms with Gasteiger partial charge in [0.2, 0.25) is 0 Å². The first kappa shape index (κ1) is 11.4. The third-order valence-electron chi connectivity index (χ3n) is 3.88. The van der Waals surface area contributed by atoms with E-state index < -0.39 is 0 Å². The normalized spacial score (nSPS) is 30.1. The van der Waals surface area contributed by atoms with Crippen molar-refractivity contribution >= 4 is 0 Å². The molecule has 2 atom stereocenters. The summed E-state index contributed by atoms with van der Waals surface area (Å²) in [7, 11) is 2.08. The number of quaternary nitrogens is 1. The Hall–Kier alpha value is -1.10. The summed E-state index contributed by atoms with van der Waals surface area (Å²) >= 11 is 0. The van der Waals surface area contributed by atoms with E-state index in [-0.39, 0.29) is 10.5 Å². The minimum absolute atomic E-state index is 0.0893. The summed E-state index contributed by atoms with van der Waals surface area (Å²) in [6.07, 6.45) is 1.96. The highest BCUT2D eigenvalue weighted by atomic mass is 16.6. The summed E-state index contributed by atoms with van der Waals surface area (Å²) in [4.78, 5) is 14.2. The van der Waals surface area contributed by atoms with E-state index >= 15 is 0 Å². The monoisotopic (exact) mass is 226 g/mol. The molecule has 1 fully saturated rings. The summed E-state index contributed by atoms with van der Waals surface area (Å²) < 4.78 is 0. The first-order valence-corrected chi connectivity index (χ1v) is 5.93. The van der Waals surface area contributed by atoms with E-state index in [4.69, 9.17) is 0 Å². The molecule has 2 heterocycles. The third-order valence-corrected chi connectivity index (χ3v) is 3.88. The van der Waals surface area contributed by atoms with Crippen molar-refractivity contribution in [1.82, 2.24) is 4.90 Å². The molecular weight excluding hydrogens is 206 g/mol. The van der Waals surface area contributed by atoms with Crippen LogP contribution in [0.1, 0.15) is 26.7 Å². The van der Waals surface area contributed by atoms with Crippen molar-refractivity contribution in [2.75, 3.05) is 26.7 Å². The smallest absolute Gasteiger partial charge is 0.323 e. The van der Waals surface area contributed by atoms with Crippen LogP contribution in [0.3, 0.4) is 0 Å². The summed E-state index contributed by atoms with van der Waals surface area (Å²) in [6, 6.07) is 0. The second-order valence-corrected chi connectivity index (χ2v) is 5.25. The highest BCUT2D eigenvalue weighted by Gasteiger charge is 2.61. The van der Waals surface area contributed by atoms with Gasteiger partial charge in [-0.05, 0) is 31.6 Å². The third kappa shape index (κ3) is 1.80. The van der Waals surface area contributed by atoms with Gasteiger partial charge in [-0.1, -0.05) is 0 Å². The minimum Gasteiger partial charge on any atom is -0.358 e. The molecule has 0 aliphatic carbocycles. The fourth-order valence-electron chi connectivity index (χ4n) is 2.46. The van der Waals surface area contributed by atoms with Gasteiger partial charge in [0.05, 0.1) is 19.2 Å². The van der Waals surface area contributed by atoms with E-state index in [1.165, 1.54) is 4.90 Å². The number of hydrogen-bond acceptors (Lipinski definition) is 3. The summed E-state index contributed by atoms with van der Waals surface area (Å²) in [5, 5.41) is 11.1. The molecule has 0 spiro atoms. The lowest BCUT2D eigenvalue weighted by atomic mass is 9.98. The van der Waals surface area contributed by atoms with Crippen LogP contribution in [0, 0.1) is 10.1 Å². The van der Waals surface area contributed by atoms with E-state index in [1.807, 2.05) is 4.90 Å². The number of nitro groups is 1. The zero-order chi connectivity index (χ0) is 11.9. The lowest BCUT2D eigenvalue weighted by Gasteiger charge is -2.21. The molecule has 5 nitrogen and oxygen atoms in total. The van der Waals surface area contributed by atoms with Crippen molar-refractivity contribution < 1.29 is 9.82 Å². The van der Waals surface area contributed by atoms with Crippen LogP contribution in [0.15, 0.2) is 11.4 Å². The summed E-state index contributed by atoms with van der Waals surface area (Å²) in [5.41, 5.74) is 1.12. The van der Waals surface area contributed by atoms with Crippen molar-refractivity contribution in [2.45, 2.75) is 32.2 Å². The van der Waals surface area contributed by atoms with Gasteiger partial charge in [0, 0.05) is 0 Å². The Kier molecular flexibility index (Phi) is 2.66. The van der Waals surface area contributed by atoms with Gasteiger partial charge in [-0.15, -0.1) is 0 Å². The number of likely N-dealkylation sites (N-methyl/N-ethyl adjacent to an activating group) is 1. The van der Waals surface area contributed by atoms with Gasteiger partial charge < -0.3 is 15.0 Å². The Morgan fingerprint density at radius 1 is 1.62 bits per heavy atom. The second-order valence-electron chi connectivity index (χ2n) is 5.25. The molecule has 2 unspecified atom stereocenters. The molecule has 5 heteroatoms. The van der Waals surface area contributed by atoms with Crippen molar-refractivity contribution in [2.24, 2.45) is 0 Å². The molecule has 0 saturated carbocycles. The van der Waals surface area contributed by atoms with Gasteiger partial charge in [-0.2, -0.15) is 0 Å². The van der Waals surface area contributed by atoms with Crippen LogP contribution in [0.5, 0.6) is 0 Å². The molecule has 0 amide bonds. The SMILES string of the molecule is CC[NH+](C)CC1=C([N+](=O)[O-])N2CC2(C)CC1. The molecule has 0 aromatic rings.